The van der Waals surface area contributed by atoms with E-state index < -0.39 is 12.0 Å². The first kappa shape index (κ1) is 19.2. The summed E-state index contributed by atoms with van der Waals surface area (Å²) in [7, 11) is 1.30. The van der Waals surface area contributed by atoms with Crippen molar-refractivity contribution in [1.82, 2.24) is 10.2 Å². The average molecular weight is 367 g/mol. The summed E-state index contributed by atoms with van der Waals surface area (Å²) in [4.78, 5) is 37.7. The number of methoxy groups -OCH3 is 1. The van der Waals surface area contributed by atoms with E-state index in [1.807, 2.05) is 0 Å². The van der Waals surface area contributed by atoms with Crippen LogP contribution in [0.2, 0.25) is 5.02 Å². The van der Waals surface area contributed by atoms with Crippen LogP contribution in [0.3, 0.4) is 0 Å². The number of carbonyl (C=O) groups excluding carboxylic acids is 3. The van der Waals surface area contributed by atoms with Crippen molar-refractivity contribution in [3.8, 4) is 0 Å². The number of rotatable bonds is 6. The smallest absolute Gasteiger partial charge is 0.307 e. The quantitative estimate of drug-likeness (QED) is 0.785. The van der Waals surface area contributed by atoms with Gasteiger partial charge < -0.3 is 15.0 Å². The zero-order valence-electron chi connectivity index (χ0n) is 14.3. The first-order valence-electron chi connectivity index (χ1n) is 8.39. The maximum absolute atomic E-state index is 12.4. The summed E-state index contributed by atoms with van der Waals surface area (Å²) < 4.78 is 4.71. The summed E-state index contributed by atoms with van der Waals surface area (Å²) in [6.07, 6.45) is 3.27. The van der Waals surface area contributed by atoms with Gasteiger partial charge in [-0.05, 0) is 30.5 Å². The molecule has 1 N–H and O–H groups in total. The lowest BCUT2D eigenvalue weighted by atomic mass is 10.0. The van der Waals surface area contributed by atoms with Crippen molar-refractivity contribution in [2.24, 2.45) is 0 Å². The summed E-state index contributed by atoms with van der Waals surface area (Å²) in [6, 6.07) is 6.39. The molecule has 1 aromatic rings. The van der Waals surface area contributed by atoms with Crippen molar-refractivity contribution in [2.45, 2.75) is 38.1 Å². The van der Waals surface area contributed by atoms with E-state index in [-0.39, 0.29) is 24.8 Å². The number of likely N-dealkylation sites (tertiary alicyclic amines) is 1. The van der Waals surface area contributed by atoms with Crippen molar-refractivity contribution in [1.29, 1.82) is 0 Å². The Bertz CT molecular complexity index is 618. The summed E-state index contributed by atoms with van der Waals surface area (Å²) in [5, 5.41) is 3.40. The molecular formula is C18H23ClN2O4. The highest BCUT2D eigenvalue weighted by atomic mass is 35.5. The molecule has 1 atom stereocenters. The molecule has 1 heterocycles. The second kappa shape index (κ2) is 9.42. The van der Waals surface area contributed by atoms with Gasteiger partial charge in [0.05, 0.1) is 26.1 Å². The van der Waals surface area contributed by atoms with Gasteiger partial charge in [0.25, 0.3) is 0 Å². The number of amides is 2. The molecule has 7 heteroatoms. The van der Waals surface area contributed by atoms with Gasteiger partial charge in [-0.1, -0.05) is 30.2 Å². The third kappa shape index (κ3) is 6.05. The van der Waals surface area contributed by atoms with Crippen molar-refractivity contribution in [2.75, 3.05) is 20.2 Å². The van der Waals surface area contributed by atoms with Gasteiger partial charge in [-0.3, -0.25) is 14.4 Å². The summed E-state index contributed by atoms with van der Waals surface area (Å²) >= 11 is 5.89. The Morgan fingerprint density at radius 1 is 1.24 bits per heavy atom. The Hall–Kier alpha value is -2.08. The molecule has 1 unspecified atom stereocenters. The molecule has 25 heavy (non-hydrogen) atoms. The third-order valence-corrected chi connectivity index (χ3v) is 4.46. The number of benzene rings is 1. The molecule has 1 aliphatic rings. The van der Waals surface area contributed by atoms with Crippen LogP contribution >= 0.6 is 11.6 Å². The number of halogens is 1. The van der Waals surface area contributed by atoms with Crippen LogP contribution in [-0.4, -0.2) is 42.9 Å². The Morgan fingerprint density at radius 2 is 1.96 bits per heavy atom. The second-order valence-corrected chi connectivity index (χ2v) is 6.51. The number of carbonyl (C=O) groups is 3. The topological polar surface area (TPSA) is 75.7 Å². The van der Waals surface area contributed by atoms with E-state index in [1.54, 1.807) is 29.2 Å². The Morgan fingerprint density at radius 3 is 2.64 bits per heavy atom. The molecule has 0 aliphatic carbocycles. The van der Waals surface area contributed by atoms with Crippen LogP contribution in [-0.2, 0) is 19.1 Å². The zero-order valence-corrected chi connectivity index (χ0v) is 15.1. The minimum atomic E-state index is -0.528. The van der Waals surface area contributed by atoms with E-state index in [1.165, 1.54) is 7.11 Å². The normalized spacial score (nSPS) is 16.1. The van der Waals surface area contributed by atoms with Crippen molar-refractivity contribution >= 4 is 29.4 Å². The van der Waals surface area contributed by atoms with Gasteiger partial charge in [0.2, 0.25) is 11.8 Å². The van der Waals surface area contributed by atoms with Gasteiger partial charge in [-0.2, -0.15) is 0 Å². The van der Waals surface area contributed by atoms with Gasteiger partial charge in [0, 0.05) is 18.0 Å². The van der Waals surface area contributed by atoms with Crippen LogP contribution in [0, 0.1) is 0 Å². The molecular weight excluding hydrogens is 344 g/mol. The lowest BCUT2D eigenvalue weighted by Crippen LogP contribution is -2.42. The monoisotopic (exact) mass is 366 g/mol. The van der Waals surface area contributed by atoms with E-state index in [4.69, 9.17) is 16.3 Å². The molecule has 0 bridgehead atoms. The van der Waals surface area contributed by atoms with Gasteiger partial charge in [-0.15, -0.1) is 0 Å². The fourth-order valence-electron chi connectivity index (χ4n) is 2.82. The molecule has 6 nitrogen and oxygen atoms in total. The second-order valence-electron chi connectivity index (χ2n) is 6.08. The van der Waals surface area contributed by atoms with E-state index in [0.717, 1.165) is 24.8 Å². The number of hydrogen-bond acceptors (Lipinski definition) is 4. The SMILES string of the molecule is COC(=O)CC(NC(=O)CN1CCCCCC1=O)c1ccc(Cl)cc1. The van der Waals surface area contributed by atoms with Crippen molar-refractivity contribution < 1.29 is 19.1 Å². The van der Waals surface area contributed by atoms with E-state index >= 15 is 0 Å². The average Bonchev–Trinajstić information content (AvgIpc) is 2.79. The molecule has 2 rings (SSSR count). The summed E-state index contributed by atoms with van der Waals surface area (Å²) in [5.41, 5.74) is 0.755. The van der Waals surface area contributed by atoms with Crippen LogP contribution in [0.15, 0.2) is 24.3 Å². The van der Waals surface area contributed by atoms with E-state index in [0.29, 0.717) is 18.0 Å². The summed E-state index contributed by atoms with van der Waals surface area (Å²) in [6.45, 7) is 0.596. The molecule has 1 aromatic carbocycles. The number of nitrogens with zero attached hydrogens (tertiary/aromatic N) is 1. The van der Waals surface area contributed by atoms with Gasteiger partial charge in [0.1, 0.15) is 0 Å². The van der Waals surface area contributed by atoms with Crippen molar-refractivity contribution in [3.05, 3.63) is 34.9 Å². The number of ether oxygens (including phenoxy) is 1. The first-order chi connectivity index (χ1) is 12.0. The fraction of sp³-hybridized carbons (Fsp3) is 0.500. The lowest BCUT2D eigenvalue weighted by Gasteiger charge is -2.23. The molecule has 2 amide bonds. The third-order valence-electron chi connectivity index (χ3n) is 4.21. The minimum Gasteiger partial charge on any atom is -0.469 e. The largest absolute Gasteiger partial charge is 0.469 e. The molecule has 1 fully saturated rings. The van der Waals surface area contributed by atoms with E-state index in [9.17, 15) is 14.4 Å². The molecule has 0 saturated carbocycles. The lowest BCUT2D eigenvalue weighted by molar-refractivity contribution is -0.142. The minimum absolute atomic E-state index is 0.00339. The Kier molecular flexibility index (Phi) is 7.25. The predicted octanol–water partition coefficient (Wildman–Crippen LogP) is 2.46. The predicted molar refractivity (Wildman–Crippen MR) is 94.0 cm³/mol. The first-order valence-corrected chi connectivity index (χ1v) is 8.77. The standard InChI is InChI=1S/C18H23ClN2O4/c1-25-18(24)11-15(13-6-8-14(19)9-7-13)20-16(22)12-21-10-4-2-3-5-17(21)23/h6-9,15H,2-5,10-12H2,1H3,(H,20,22). The molecule has 0 radical (unpaired) electrons. The number of nitrogens with one attached hydrogen (secondary N) is 1. The van der Waals surface area contributed by atoms with Gasteiger partial charge >= 0.3 is 5.97 Å². The highest BCUT2D eigenvalue weighted by molar-refractivity contribution is 6.30. The maximum Gasteiger partial charge on any atom is 0.307 e. The van der Waals surface area contributed by atoms with Crippen LogP contribution in [0.1, 0.15) is 43.7 Å². The maximum atomic E-state index is 12.4. The van der Waals surface area contributed by atoms with Crippen LogP contribution in [0.25, 0.3) is 0 Å². The van der Waals surface area contributed by atoms with Crippen LogP contribution in [0.5, 0.6) is 0 Å². The molecule has 136 valence electrons. The highest BCUT2D eigenvalue weighted by Gasteiger charge is 2.23. The molecule has 1 saturated heterocycles. The molecule has 1 aliphatic heterocycles. The zero-order chi connectivity index (χ0) is 18.2. The fourth-order valence-corrected chi connectivity index (χ4v) is 2.94. The number of esters is 1. The van der Waals surface area contributed by atoms with E-state index in [2.05, 4.69) is 5.32 Å². The van der Waals surface area contributed by atoms with Gasteiger partial charge in [-0.25, -0.2) is 0 Å². The number of hydrogen-bond donors (Lipinski definition) is 1. The summed E-state index contributed by atoms with van der Waals surface area (Å²) in [5.74, 6) is -0.714. The van der Waals surface area contributed by atoms with Crippen molar-refractivity contribution in [3.63, 3.8) is 0 Å². The Balaban J connectivity index is 2.04. The van der Waals surface area contributed by atoms with Gasteiger partial charge in [0.15, 0.2) is 0 Å². The van der Waals surface area contributed by atoms with Crippen LogP contribution in [0.4, 0.5) is 0 Å². The highest BCUT2D eigenvalue weighted by Crippen LogP contribution is 2.20. The molecule has 0 aromatic heterocycles. The Labute approximate surface area is 152 Å². The molecule has 0 spiro atoms. The van der Waals surface area contributed by atoms with Crippen LogP contribution < -0.4 is 5.32 Å².